The molecule has 2 aliphatic rings. The Labute approximate surface area is 161 Å². The van der Waals surface area contributed by atoms with Crippen LogP contribution in [-0.2, 0) is 4.79 Å². The summed E-state index contributed by atoms with van der Waals surface area (Å²) in [5.74, 6) is 1.37. The van der Waals surface area contributed by atoms with Crippen LogP contribution in [0.5, 0.6) is 5.75 Å². The number of benzene rings is 1. The number of nitrogens with one attached hydrogen (secondary N) is 1. The summed E-state index contributed by atoms with van der Waals surface area (Å²) in [5, 5.41) is 2.92. The molecule has 1 atom stereocenters. The van der Waals surface area contributed by atoms with Gasteiger partial charge in [0, 0.05) is 45.1 Å². The molecule has 27 heavy (non-hydrogen) atoms. The maximum Gasteiger partial charge on any atom is 0.317 e. The largest absolute Gasteiger partial charge is 0.497 e. The van der Waals surface area contributed by atoms with E-state index in [-0.39, 0.29) is 11.9 Å². The summed E-state index contributed by atoms with van der Waals surface area (Å²) in [6.07, 6.45) is 5.97. The Bertz CT molecular complexity index is 624. The molecule has 1 N–H and O–H groups in total. The second-order valence-electron chi connectivity index (χ2n) is 7.48. The van der Waals surface area contributed by atoms with Gasteiger partial charge in [-0.3, -0.25) is 4.79 Å². The zero-order valence-electron chi connectivity index (χ0n) is 16.3. The summed E-state index contributed by atoms with van der Waals surface area (Å²) in [6, 6.07) is 8.02. The molecule has 0 aromatic heterocycles. The van der Waals surface area contributed by atoms with E-state index >= 15 is 0 Å². The van der Waals surface area contributed by atoms with Crippen molar-refractivity contribution in [2.75, 3.05) is 39.8 Å². The first-order valence-corrected chi connectivity index (χ1v) is 10.1. The van der Waals surface area contributed by atoms with Crippen molar-refractivity contribution in [3.8, 4) is 5.75 Å². The number of ether oxygens (including phenoxy) is 1. The topological polar surface area (TPSA) is 61.9 Å². The Morgan fingerprint density at radius 3 is 2.41 bits per heavy atom. The molecule has 1 aromatic rings. The summed E-state index contributed by atoms with van der Waals surface area (Å²) in [5.41, 5.74) is 1.24. The molecule has 2 fully saturated rings. The molecule has 2 aliphatic heterocycles. The average molecular weight is 373 g/mol. The number of likely N-dealkylation sites (tertiary alicyclic amines) is 2. The van der Waals surface area contributed by atoms with Gasteiger partial charge in [-0.25, -0.2) is 4.79 Å². The molecule has 0 saturated carbocycles. The van der Waals surface area contributed by atoms with Gasteiger partial charge in [-0.05, 0) is 37.0 Å². The highest BCUT2D eigenvalue weighted by molar-refractivity contribution is 5.78. The fourth-order valence-corrected chi connectivity index (χ4v) is 3.96. The van der Waals surface area contributed by atoms with Gasteiger partial charge < -0.3 is 19.9 Å². The van der Waals surface area contributed by atoms with Crippen molar-refractivity contribution in [1.29, 1.82) is 0 Å². The molecule has 2 saturated heterocycles. The minimum atomic E-state index is -0.0605. The second-order valence-corrected chi connectivity index (χ2v) is 7.48. The maximum absolute atomic E-state index is 12.4. The summed E-state index contributed by atoms with van der Waals surface area (Å²) in [7, 11) is 1.66. The maximum atomic E-state index is 12.4. The Balaban J connectivity index is 1.40. The van der Waals surface area contributed by atoms with Crippen molar-refractivity contribution >= 4 is 11.9 Å². The summed E-state index contributed by atoms with van der Waals surface area (Å²) < 4.78 is 5.20. The highest BCUT2D eigenvalue weighted by Gasteiger charge is 2.27. The van der Waals surface area contributed by atoms with Crippen LogP contribution in [0.25, 0.3) is 0 Å². The van der Waals surface area contributed by atoms with Gasteiger partial charge in [0.25, 0.3) is 0 Å². The first-order valence-electron chi connectivity index (χ1n) is 10.1. The van der Waals surface area contributed by atoms with Crippen LogP contribution in [0, 0.1) is 0 Å². The van der Waals surface area contributed by atoms with Gasteiger partial charge >= 0.3 is 6.03 Å². The van der Waals surface area contributed by atoms with Crippen LogP contribution in [0.15, 0.2) is 24.3 Å². The van der Waals surface area contributed by atoms with Crippen LogP contribution in [0.4, 0.5) is 4.79 Å². The van der Waals surface area contributed by atoms with Gasteiger partial charge in [0.15, 0.2) is 0 Å². The van der Waals surface area contributed by atoms with Crippen molar-refractivity contribution in [3.05, 3.63) is 29.8 Å². The molecule has 1 aromatic carbocycles. The monoisotopic (exact) mass is 373 g/mol. The predicted octanol–water partition coefficient (Wildman–Crippen LogP) is 2.99. The summed E-state index contributed by atoms with van der Waals surface area (Å²) in [4.78, 5) is 28.5. The van der Waals surface area contributed by atoms with Crippen molar-refractivity contribution in [1.82, 2.24) is 15.1 Å². The normalized spacial score (nSPS) is 20.3. The Morgan fingerprint density at radius 2 is 1.74 bits per heavy atom. The molecule has 3 amide bonds. The minimum absolute atomic E-state index is 0.0605. The number of amides is 3. The van der Waals surface area contributed by atoms with E-state index in [1.807, 2.05) is 21.9 Å². The summed E-state index contributed by atoms with van der Waals surface area (Å²) >= 11 is 0. The molecular weight excluding hydrogens is 342 g/mol. The molecular formula is C21H31N3O3. The molecule has 3 rings (SSSR count). The SMILES string of the molecule is COc1ccc(C2CCN(C(=O)NCCC(=O)N3CCCCCC3)C2)cc1. The molecule has 0 bridgehead atoms. The van der Waals surface area contributed by atoms with E-state index in [2.05, 4.69) is 17.4 Å². The van der Waals surface area contributed by atoms with Gasteiger partial charge in [0.05, 0.1) is 7.11 Å². The lowest BCUT2D eigenvalue weighted by Crippen LogP contribution is -2.40. The highest BCUT2D eigenvalue weighted by Crippen LogP contribution is 2.28. The van der Waals surface area contributed by atoms with E-state index < -0.39 is 0 Å². The number of hydrogen-bond acceptors (Lipinski definition) is 3. The lowest BCUT2D eigenvalue weighted by molar-refractivity contribution is -0.131. The molecule has 2 heterocycles. The number of nitrogens with zero attached hydrogens (tertiary/aromatic N) is 2. The molecule has 0 spiro atoms. The van der Waals surface area contributed by atoms with E-state index in [4.69, 9.17) is 4.74 Å². The number of carbonyl (C=O) groups is 2. The Kier molecular flexibility index (Phi) is 6.96. The zero-order valence-corrected chi connectivity index (χ0v) is 16.3. The van der Waals surface area contributed by atoms with Crippen LogP contribution < -0.4 is 10.1 Å². The van der Waals surface area contributed by atoms with Gasteiger partial charge in [-0.15, -0.1) is 0 Å². The van der Waals surface area contributed by atoms with E-state index in [0.29, 0.717) is 18.9 Å². The lowest BCUT2D eigenvalue weighted by atomic mass is 9.98. The first kappa shape index (κ1) is 19.5. The number of rotatable bonds is 5. The quantitative estimate of drug-likeness (QED) is 0.863. The molecule has 6 heteroatoms. The van der Waals surface area contributed by atoms with Crippen molar-refractivity contribution < 1.29 is 14.3 Å². The molecule has 0 aliphatic carbocycles. The first-order chi connectivity index (χ1) is 13.2. The predicted molar refractivity (Wildman–Crippen MR) is 105 cm³/mol. The van der Waals surface area contributed by atoms with Crippen LogP contribution in [0.3, 0.4) is 0 Å². The average Bonchev–Trinajstić information content (AvgIpc) is 3.03. The lowest BCUT2D eigenvalue weighted by Gasteiger charge is -2.21. The van der Waals surface area contributed by atoms with E-state index in [1.165, 1.54) is 18.4 Å². The second kappa shape index (κ2) is 9.62. The van der Waals surface area contributed by atoms with E-state index in [1.54, 1.807) is 7.11 Å². The van der Waals surface area contributed by atoms with Crippen LogP contribution in [0.2, 0.25) is 0 Å². The Hall–Kier alpha value is -2.24. The standard InChI is InChI=1S/C21H31N3O3/c1-27-19-8-6-17(7-9-19)18-11-15-24(16-18)21(26)22-12-10-20(25)23-13-4-2-3-5-14-23/h6-9,18H,2-5,10-16H2,1H3,(H,22,26). The third-order valence-corrected chi connectivity index (χ3v) is 5.64. The van der Waals surface area contributed by atoms with Crippen LogP contribution in [0.1, 0.15) is 50.0 Å². The van der Waals surface area contributed by atoms with Crippen LogP contribution in [-0.4, -0.2) is 61.6 Å². The minimum Gasteiger partial charge on any atom is -0.497 e. The third-order valence-electron chi connectivity index (χ3n) is 5.64. The van der Waals surface area contributed by atoms with Crippen molar-refractivity contribution in [3.63, 3.8) is 0 Å². The van der Waals surface area contributed by atoms with Crippen molar-refractivity contribution in [2.24, 2.45) is 0 Å². The van der Waals surface area contributed by atoms with Crippen molar-refractivity contribution in [2.45, 2.75) is 44.4 Å². The van der Waals surface area contributed by atoms with Gasteiger partial charge in [-0.1, -0.05) is 25.0 Å². The molecule has 6 nitrogen and oxygen atoms in total. The molecule has 0 radical (unpaired) electrons. The molecule has 148 valence electrons. The smallest absolute Gasteiger partial charge is 0.317 e. The highest BCUT2D eigenvalue weighted by atomic mass is 16.5. The zero-order chi connectivity index (χ0) is 19.1. The third kappa shape index (κ3) is 5.37. The number of methoxy groups -OCH3 is 1. The Morgan fingerprint density at radius 1 is 1.04 bits per heavy atom. The molecule has 1 unspecified atom stereocenters. The van der Waals surface area contributed by atoms with Crippen LogP contribution >= 0.6 is 0 Å². The van der Waals surface area contributed by atoms with Gasteiger partial charge in [0.2, 0.25) is 5.91 Å². The fourth-order valence-electron chi connectivity index (χ4n) is 3.96. The van der Waals surface area contributed by atoms with E-state index in [0.717, 1.165) is 51.2 Å². The number of hydrogen-bond donors (Lipinski definition) is 1. The summed E-state index contributed by atoms with van der Waals surface area (Å²) in [6.45, 7) is 3.61. The van der Waals surface area contributed by atoms with Gasteiger partial charge in [0.1, 0.15) is 5.75 Å². The number of carbonyl (C=O) groups excluding carboxylic acids is 2. The fraction of sp³-hybridized carbons (Fsp3) is 0.619. The number of urea groups is 1. The van der Waals surface area contributed by atoms with E-state index in [9.17, 15) is 9.59 Å². The van der Waals surface area contributed by atoms with Gasteiger partial charge in [-0.2, -0.15) is 0 Å².